The Morgan fingerprint density at radius 2 is 2.30 bits per heavy atom. The molecule has 1 aromatic heterocycles. The highest BCUT2D eigenvalue weighted by Crippen LogP contribution is 2.20. The third kappa shape index (κ3) is 2.28. The van der Waals surface area contributed by atoms with Crippen LogP contribution in [0.15, 0.2) is 18.2 Å². The third-order valence-electron chi connectivity index (χ3n) is 4.00. The Labute approximate surface area is 118 Å². The molecular formula is C15H20N4O. The highest BCUT2D eigenvalue weighted by atomic mass is 16.2. The van der Waals surface area contributed by atoms with E-state index >= 15 is 0 Å². The minimum atomic E-state index is 0.115. The van der Waals surface area contributed by atoms with Crippen LogP contribution in [-0.2, 0) is 6.54 Å². The van der Waals surface area contributed by atoms with Crippen LogP contribution in [0.3, 0.4) is 0 Å². The maximum absolute atomic E-state index is 12.5. The van der Waals surface area contributed by atoms with Crippen molar-refractivity contribution in [1.29, 1.82) is 0 Å². The van der Waals surface area contributed by atoms with Crippen molar-refractivity contribution in [3.05, 3.63) is 23.8 Å². The average molecular weight is 272 g/mol. The maximum atomic E-state index is 12.5. The molecule has 0 aliphatic carbocycles. The van der Waals surface area contributed by atoms with E-state index in [2.05, 4.69) is 17.2 Å². The van der Waals surface area contributed by atoms with Crippen molar-refractivity contribution in [2.24, 2.45) is 5.92 Å². The van der Waals surface area contributed by atoms with Crippen molar-refractivity contribution < 1.29 is 4.79 Å². The van der Waals surface area contributed by atoms with E-state index in [4.69, 9.17) is 0 Å². The average Bonchev–Trinajstić information content (AvgIpc) is 2.88. The summed E-state index contributed by atoms with van der Waals surface area (Å²) in [7, 11) is 0. The van der Waals surface area contributed by atoms with Crippen molar-refractivity contribution in [1.82, 2.24) is 19.9 Å². The lowest BCUT2D eigenvalue weighted by atomic mass is 9.99. The molecule has 5 nitrogen and oxygen atoms in total. The number of hydrogen-bond acceptors (Lipinski definition) is 3. The monoisotopic (exact) mass is 272 g/mol. The summed E-state index contributed by atoms with van der Waals surface area (Å²) in [6.45, 7) is 6.74. The van der Waals surface area contributed by atoms with Gasteiger partial charge in [0.05, 0.1) is 5.52 Å². The zero-order chi connectivity index (χ0) is 14.1. The summed E-state index contributed by atoms with van der Waals surface area (Å²) < 4.78 is 1.84. The first-order valence-corrected chi connectivity index (χ1v) is 7.31. The first kappa shape index (κ1) is 13.1. The van der Waals surface area contributed by atoms with E-state index in [9.17, 15) is 4.79 Å². The number of nitrogens with zero attached hydrogens (tertiary/aromatic N) is 4. The predicted octanol–water partition coefficient (Wildman–Crippen LogP) is 2.32. The number of amides is 1. The first-order chi connectivity index (χ1) is 9.69. The molecule has 1 unspecified atom stereocenters. The van der Waals surface area contributed by atoms with Crippen molar-refractivity contribution in [2.45, 2.75) is 33.2 Å². The van der Waals surface area contributed by atoms with Gasteiger partial charge in [0.2, 0.25) is 0 Å². The van der Waals surface area contributed by atoms with E-state index in [0.717, 1.165) is 42.7 Å². The van der Waals surface area contributed by atoms with Crippen LogP contribution in [0.1, 0.15) is 37.0 Å². The lowest BCUT2D eigenvalue weighted by Crippen LogP contribution is -2.39. The molecule has 1 aliphatic rings. The zero-order valence-electron chi connectivity index (χ0n) is 12.0. The number of hydrogen-bond donors (Lipinski definition) is 0. The van der Waals surface area contributed by atoms with E-state index in [1.807, 2.05) is 34.7 Å². The zero-order valence-corrected chi connectivity index (χ0v) is 12.0. The van der Waals surface area contributed by atoms with Gasteiger partial charge >= 0.3 is 0 Å². The molecule has 3 rings (SSSR count). The number of fused-ring (bicyclic) bond motifs is 1. The number of carbonyl (C=O) groups is 1. The number of piperidine rings is 1. The normalized spacial score (nSPS) is 19.5. The largest absolute Gasteiger partial charge is 0.338 e. The summed E-state index contributed by atoms with van der Waals surface area (Å²) in [6.07, 6.45) is 2.31. The lowest BCUT2D eigenvalue weighted by Gasteiger charge is -2.31. The maximum Gasteiger partial charge on any atom is 0.253 e. The molecule has 1 aromatic carbocycles. The Morgan fingerprint density at radius 3 is 3.05 bits per heavy atom. The Hall–Kier alpha value is -1.91. The molecule has 0 saturated carbocycles. The first-order valence-electron chi connectivity index (χ1n) is 7.31. The number of rotatable bonds is 2. The molecule has 0 radical (unpaired) electrons. The van der Waals surface area contributed by atoms with Gasteiger partial charge in [0.25, 0.3) is 5.91 Å². The number of benzene rings is 1. The van der Waals surface area contributed by atoms with E-state index in [-0.39, 0.29) is 5.91 Å². The number of aryl methyl sites for hydroxylation is 1. The number of carbonyl (C=O) groups excluding carboxylic acids is 1. The smallest absolute Gasteiger partial charge is 0.253 e. The van der Waals surface area contributed by atoms with Crippen LogP contribution in [0.4, 0.5) is 0 Å². The van der Waals surface area contributed by atoms with Gasteiger partial charge in [-0.3, -0.25) is 4.79 Å². The van der Waals surface area contributed by atoms with Gasteiger partial charge in [0.1, 0.15) is 5.52 Å². The van der Waals surface area contributed by atoms with Gasteiger partial charge in [-0.1, -0.05) is 12.1 Å². The molecule has 1 amide bonds. The van der Waals surface area contributed by atoms with Crippen LogP contribution in [0.25, 0.3) is 11.0 Å². The van der Waals surface area contributed by atoms with Crippen LogP contribution >= 0.6 is 0 Å². The summed E-state index contributed by atoms with van der Waals surface area (Å²) in [5, 5.41) is 8.22. The molecule has 106 valence electrons. The molecular weight excluding hydrogens is 252 g/mol. The second-order valence-corrected chi connectivity index (χ2v) is 5.61. The Balaban J connectivity index is 1.88. The second-order valence-electron chi connectivity index (χ2n) is 5.61. The van der Waals surface area contributed by atoms with Gasteiger partial charge in [0, 0.05) is 25.2 Å². The van der Waals surface area contributed by atoms with Gasteiger partial charge < -0.3 is 4.90 Å². The molecule has 1 aliphatic heterocycles. The summed E-state index contributed by atoms with van der Waals surface area (Å²) in [5.41, 5.74) is 2.49. The number of likely N-dealkylation sites (tertiary alicyclic amines) is 1. The fourth-order valence-corrected chi connectivity index (χ4v) is 2.90. The molecule has 5 heteroatoms. The van der Waals surface area contributed by atoms with Gasteiger partial charge in [-0.25, -0.2) is 4.68 Å². The molecule has 2 heterocycles. The van der Waals surface area contributed by atoms with Crippen molar-refractivity contribution >= 4 is 16.9 Å². The van der Waals surface area contributed by atoms with Gasteiger partial charge in [-0.05, 0) is 43.9 Å². The predicted molar refractivity (Wildman–Crippen MR) is 77.5 cm³/mol. The molecule has 0 spiro atoms. The lowest BCUT2D eigenvalue weighted by molar-refractivity contribution is 0.0683. The Kier molecular flexibility index (Phi) is 3.42. The van der Waals surface area contributed by atoms with Crippen molar-refractivity contribution in [2.75, 3.05) is 13.1 Å². The quantitative estimate of drug-likeness (QED) is 0.843. The Bertz CT molecular complexity index is 634. The molecule has 1 atom stereocenters. The molecule has 1 fully saturated rings. The molecule has 0 N–H and O–H groups in total. The van der Waals surface area contributed by atoms with Gasteiger partial charge in [-0.2, -0.15) is 0 Å². The van der Waals surface area contributed by atoms with E-state index < -0.39 is 0 Å². The van der Waals surface area contributed by atoms with Crippen molar-refractivity contribution in [3.63, 3.8) is 0 Å². The van der Waals surface area contributed by atoms with Crippen LogP contribution < -0.4 is 0 Å². The van der Waals surface area contributed by atoms with E-state index in [1.165, 1.54) is 6.42 Å². The van der Waals surface area contributed by atoms with Crippen LogP contribution in [0.2, 0.25) is 0 Å². The topological polar surface area (TPSA) is 51.0 Å². The van der Waals surface area contributed by atoms with Gasteiger partial charge in [0.15, 0.2) is 0 Å². The minimum Gasteiger partial charge on any atom is -0.338 e. The summed E-state index contributed by atoms with van der Waals surface area (Å²) in [5.74, 6) is 0.710. The highest BCUT2D eigenvalue weighted by Gasteiger charge is 2.22. The summed E-state index contributed by atoms with van der Waals surface area (Å²) in [4.78, 5) is 14.5. The van der Waals surface area contributed by atoms with Crippen molar-refractivity contribution in [3.8, 4) is 0 Å². The summed E-state index contributed by atoms with van der Waals surface area (Å²) >= 11 is 0. The summed E-state index contributed by atoms with van der Waals surface area (Å²) in [6, 6.07) is 5.69. The van der Waals surface area contributed by atoms with E-state index in [0.29, 0.717) is 5.92 Å². The van der Waals surface area contributed by atoms with E-state index in [1.54, 1.807) is 0 Å². The highest BCUT2D eigenvalue weighted by molar-refractivity contribution is 5.97. The molecule has 20 heavy (non-hydrogen) atoms. The van der Waals surface area contributed by atoms with Gasteiger partial charge in [-0.15, -0.1) is 5.10 Å². The molecule has 2 aromatic rings. The van der Waals surface area contributed by atoms with Crippen LogP contribution in [-0.4, -0.2) is 38.9 Å². The SMILES string of the molecule is CCn1nnc2cc(C(=O)N3CCCC(C)C3)ccc21. The Morgan fingerprint density at radius 1 is 1.45 bits per heavy atom. The molecule has 0 bridgehead atoms. The number of aromatic nitrogens is 3. The third-order valence-corrected chi connectivity index (χ3v) is 4.00. The second kappa shape index (κ2) is 5.23. The van der Waals surface area contributed by atoms with Crippen LogP contribution in [0.5, 0.6) is 0 Å². The van der Waals surface area contributed by atoms with Crippen LogP contribution in [0, 0.1) is 5.92 Å². The molecule has 1 saturated heterocycles. The fraction of sp³-hybridized carbons (Fsp3) is 0.533. The standard InChI is InChI=1S/C15H20N4O/c1-3-19-14-7-6-12(9-13(14)16-17-19)15(20)18-8-4-5-11(2)10-18/h6-7,9,11H,3-5,8,10H2,1-2H3. The minimum absolute atomic E-state index is 0.115. The fourth-order valence-electron chi connectivity index (χ4n) is 2.90.